The van der Waals surface area contributed by atoms with Crippen molar-refractivity contribution in [1.29, 1.82) is 0 Å². The van der Waals surface area contributed by atoms with Gasteiger partial charge < -0.3 is 34.5 Å². The molecule has 0 fully saturated rings. The number of carbonyl (C=O) groups is 2. The number of ether oxygens (including phenoxy) is 1. The minimum Gasteiger partial charge on any atom is -0.508 e. The number of hydrogen-bond donors (Lipinski definition) is 3. The smallest absolute Gasteiger partial charge is 0.336 e. The average Bonchev–Trinajstić information content (AvgIpc) is 3.21. The zero-order valence-electron chi connectivity index (χ0n) is 31.9. The van der Waals surface area contributed by atoms with Crippen molar-refractivity contribution in [2.75, 3.05) is 45.2 Å². The highest BCUT2D eigenvalue weighted by Gasteiger charge is 2.23. The van der Waals surface area contributed by atoms with Gasteiger partial charge in [-0.1, -0.05) is 49.9 Å². The molecule has 3 aromatic carbocycles. The highest BCUT2D eigenvalue weighted by molar-refractivity contribution is 6.09. The first-order chi connectivity index (χ1) is 27.2. The molecular weight excluding hydrogens is 709 g/mol. The molecule has 11 heteroatoms. The molecule has 4 aromatic rings. The van der Waals surface area contributed by atoms with Crippen LogP contribution in [0.4, 0.5) is 5.82 Å². The van der Waals surface area contributed by atoms with E-state index in [-0.39, 0.29) is 34.0 Å². The molecule has 0 saturated heterocycles. The van der Waals surface area contributed by atoms with Gasteiger partial charge in [0.25, 0.3) is 5.91 Å². The minimum atomic E-state index is -1.20. The number of benzene rings is 4. The lowest BCUT2D eigenvalue weighted by Crippen LogP contribution is -2.34. The molecule has 1 aliphatic carbocycles. The van der Waals surface area contributed by atoms with Crippen LogP contribution in [0, 0.1) is 0 Å². The molecule has 0 radical (unpaired) electrons. The van der Waals surface area contributed by atoms with E-state index in [9.17, 15) is 24.6 Å². The molecule has 0 bridgehead atoms. The molecule has 0 atom stereocenters. The largest absolute Gasteiger partial charge is 0.508 e. The quantitative estimate of drug-likeness (QED) is 0.0548. The topological polar surface area (TPSA) is 145 Å². The number of phenolic OH excluding ortho intramolecular Hbond substituents is 1. The number of rotatable bonds is 19. The van der Waals surface area contributed by atoms with Crippen molar-refractivity contribution < 1.29 is 29.0 Å². The van der Waals surface area contributed by atoms with Crippen molar-refractivity contribution >= 4 is 28.7 Å². The summed E-state index contributed by atoms with van der Waals surface area (Å²) in [6.07, 6.45) is 8.09. The molecule has 6 rings (SSSR count). The summed E-state index contributed by atoms with van der Waals surface area (Å²) in [5.41, 5.74) is 2.86. The van der Waals surface area contributed by atoms with Crippen molar-refractivity contribution in [3.8, 4) is 33.9 Å². The van der Waals surface area contributed by atoms with Gasteiger partial charge in [-0.3, -0.25) is 9.59 Å². The fraction of sp³-hybridized carbons (Fsp3) is 0.289. The number of carbonyl (C=O) groups excluding carboxylic acids is 1. The van der Waals surface area contributed by atoms with Crippen molar-refractivity contribution in [1.82, 2.24) is 15.2 Å². The predicted octanol–water partition coefficient (Wildman–Crippen LogP) is 8.08. The number of phenols is 1. The number of nitrogens with one attached hydrogen (secondary N) is 1. The molecule has 2 heterocycles. The second-order valence-electron chi connectivity index (χ2n) is 14.0. The molecule has 56 heavy (non-hydrogen) atoms. The van der Waals surface area contributed by atoms with Gasteiger partial charge in [-0.15, -0.1) is 0 Å². The van der Waals surface area contributed by atoms with Crippen molar-refractivity contribution in [2.24, 2.45) is 0 Å². The van der Waals surface area contributed by atoms with Crippen LogP contribution in [-0.4, -0.2) is 72.3 Å². The summed E-state index contributed by atoms with van der Waals surface area (Å²) in [7, 11) is 3.84. The molecule has 1 aromatic heterocycles. The Morgan fingerprint density at radius 3 is 2.34 bits per heavy atom. The molecular formula is C45H48N4O7. The Morgan fingerprint density at radius 1 is 0.821 bits per heavy atom. The third-order valence-corrected chi connectivity index (χ3v) is 9.97. The number of aromatic hydroxyl groups is 1. The lowest BCUT2D eigenvalue weighted by molar-refractivity contribution is 0.0697. The van der Waals surface area contributed by atoms with Crippen LogP contribution in [0.25, 0.3) is 33.4 Å². The van der Waals surface area contributed by atoms with Gasteiger partial charge in [0.15, 0.2) is 5.43 Å². The molecule has 1 amide bonds. The SMILES string of the molecule is COc1ccc(CN(CCN(C)CCCCCCCCNC(=O)c2ccc(-c3c4ccc(=O)cc-4oc4cc(O)ccc34)c(C(=O)O)c2)c2ccccn2)cc1. The first-order valence-corrected chi connectivity index (χ1v) is 19.0. The summed E-state index contributed by atoms with van der Waals surface area (Å²) < 4.78 is 11.2. The number of methoxy groups -OCH3 is 1. The van der Waals surface area contributed by atoms with Gasteiger partial charge in [0.05, 0.1) is 12.7 Å². The first-order valence-electron chi connectivity index (χ1n) is 19.0. The van der Waals surface area contributed by atoms with Crippen LogP contribution in [-0.2, 0) is 6.54 Å². The second-order valence-corrected chi connectivity index (χ2v) is 14.0. The maximum Gasteiger partial charge on any atom is 0.336 e. The Hall–Kier alpha value is -6.20. The zero-order chi connectivity index (χ0) is 39.4. The maximum absolute atomic E-state index is 13.1. The Morgan fingerprint density at radius 2 is 1.59 bits per heavy atom. The van der Waals surface area contributed by atoms with Crippen LogP contribution in [0.15, 0.2) is 112 Å². The average molecular weight is 757 g/mol. The Labute approximate surface area is 326 Å². The lowest BCUT2D eigenvalue weighted by atomic mass is 9.90. The summed E-state index contributed by atoms with van der Waals surface area (Å²) in [5.74, 6) is 0.499. The Bertz CT molecular complexity index is 2270. The third kappa shape index (κ3) is 10.1. The van der Waals surface area contributed by atoms with Crippen molar-refractivity contribution in [3.05, 3.63) is 130 Å². The van der Waals surface area contributed by atoms with Gasteiger partial charge >= 0.3 is 5.97 Å². The van der Waals surface area contributed by atoms with Crippen LogP contribution in [0.3, 0.4) is 0 Å². The maximum atomic E-state index is 13.1. The summed E-state index contributed by atoms with van der Waals surface area (Å²) in [4.78, 5) is 47.0. The number of amides is 1. The van der Waals surface area contributed by atoms with E-state index in [4.69, 9.17) is 9.15 Å². The number of aromatic carboxylic acids is 1. The molecule has 3 N–H and O–H groups in total. The van der Waals surface area contributed by atoms with E-state index < -0.39 is 5.97 Å². The number of nitrogens with zero attached hydrogens (tertiary/aromatic N) is 3. The number of likely N-dealkylation sites (N-methyl/N-ethyl adjacent to an activating group) is 1. The monoisotopic (exact) mass is 756 g/mol. The van der Waals surface area contributed by atoms with E-state index in [1.807, 2.05) is 30.5 Å². The molecule has 0 unspecified atom stereocenters. The van der Waals surface area contributed by atoms with E-state index in [2.05, 4.69) is 45.3 Å². The number of fused-ring (bicyclic) bond motifs is 2. The van der Waals surface area contributed by atoms with Crippen LogP contribution in [0.1, 0.15) is 64.8 Å². The minimum absolute atomic E-state index is 0.0309. The molecule has 290 valence electrons. The zero-order valence-corrected chi connectivity index (χ0v) is 31.9. The second kappa shape index (κ2) is 18.9. The van der Waals surface area contributed by atoms with E-state index in [0.717, 1.165) is 76.3 Å². The fourth-order valence-electron chi connectivity index (χ4n) is 6.92. The van der Waals surface area contributed by atoms with Gasteiger partial charge in [-0.25, -0.2) is 9.78 Å². The van der Waals surface area contributed by atoms with Gasteiger partial charge in [0.2, 0.25) is 0 Å². The van der Waals surface area contributed by atoms with E-state index >= 15 is 0 Å². The van der Waals surface area contributed by atoms with Gasteiger partial charge in [-0.2, -0.15) is 0 Å². The van der Waals surface area contributed by atoms with Crippen LogP contribution in [0.2, 0.25) is 0 Å². The molecule has 0 saturated carbocycles. The molecule has 1 aliphatic heterocycles. The van der Waals surface area contributed by atoms with Crippen molar-refractivity contribution in [3.63, 3.8) is 0 Å². The molecule has 0 spiro atoms. The standard InChI is InChI=1S/C45H48N4O7/c1-48(25-26-49(42-11-7-9-22-46-42)30-31-12-17-35(55-2)18-13-31)24-10-6-4-3-5-8-23-47-44(52)32-14-19-36(39(27-32)45(53)54)43-37-20-15-33(50)28-40(37)56-41-29-34(51)16-21-38(41)43/h7,9,11-22,27-29,50H,3-6,8,10,23-26,30H2,1-2H3,(H,47,52)(H,53,54). The highest BCUT2D eigenvalue weighted by Crippen LogP contribution is 2.42. The number of anilines is 1. The Balaban J connectivity index is 0.941. The highest BCUT2D eigenvalue weighted by atomic mass is 16.5. The van der Waals surface area contributed by atoms with Gasteiger partial charge in [0.1, 0.15) is 28.7 Å². The normalized spacial score (nSPS) is 11.3. The van der Waals surface area contributed by atoms with E-state index in [1.54, 1.807) is 31.4 Å². The van der Waals surface area contributed by atoms with Gasteiger partial charge in [0, 0.05) is 66.6 Å². The van der Waals surface area contributed by atoms with Gasteiger partial charge in [-0.05, 0) is 98.2 Å². The van der Waals surface area contributed by atoms with E-state index in [0.29, 0.717) is 34.2 Å². The van der Waals surface area contributed by atoms with Crippen LogP contribution < -0.4 is 20.4 Å². The third-order valence-electron chi connectivity index (χ3n) is 9.97. The number of aromatic nitrogens is 1. The number of unbranched alkanes of at least 4 members (excludes halogenated alkanes) is 5. The number of carboxylic acid groups (broad SMARTS) is 1. The summed E-state index contributed by atoms with van der Waals surface area (Å²) in [6.45, 7) is 4.06. The molecule has 2 aliphatic rings. The van der Waals surface area contributed by atoms with Crippen molar-refractivity contribution in [2.45, 2.75) is 45.1 Å². The number of hydrogen-bond acceptors (Lipinski definition) is 9. The van der Waals surface area contributed by atoms with E-state index in [1.165, 1.54) is 35.9 Å². The number of pyridine rings is 1. The first kappa shape index (κ1) is 39.5. The predicted molar refractivity (Wildman–Crippen MR) is 219 cm³/mol. The fourth-order valence-corrected chi connectivity index (χ4v) is 6.92. The summed E-state index contributed by atoms with van der Waals surface area (Å²) >= 11 is 0. The summed E-state index contributed by atoms with van der Waals surface area (Å²) in [6, 6.07) is 27.6. The number of carboxylic acids is 1. The molecule has 11 nitrogen and oxygen atoms in total. The van der Waals surface area contributed by atoms with Crippen LogP contribution in [0.5, 0.6) is 11.5 Å². The Kier molecular flexibility index (Phi) is 13.3. The van der Waals surface area contributed by atoms with Crippen LogP contribution >= 0.6 is 0 Å². The summed E-state index contributed by atoms with van der Waals surface area (Å²) in [5, 5.41) is 23.8. The lowest BCUT2D eigenvalue weighted by Gasteiger charge is -2.27.